The van der Waals surface area contributed by atoms with Gasteiger partial charge < -0.3 is 14.6 Å². The van der Waals surface area contributed by atoms with Crippen molar-refractivity contribution in [3.8, 4) is 0 Å². The zero-order valence-corrected chi connectivity index (χ0v) is 18.7. The summed E-state index contributed by atoms with van der Waals surface area (Å²) in [5.41, 5.74) is 1.53. The van der Waals surface area contributed by atoms with E-state index in [2.05, 4.69) is 9.88 Å². The SMILES string of the molecule is CCCNC(=O)CN(C)Cc1nc2cc(S(=O)(=O)N3CCOCC3)ccc2n1CC. The number of nitrogens with one attached hydrogen (secondary N) is 1. The van der Waals surface area contributed by atoms with Crippen LogP contribution < -0.4 is 5.32 Å². The first kappa shape index (κ1) is 22.7. The van der Waals surface area contributed by atoms with Gasteiger partial charge in [-0.1, -0.05) is 6.92 Å². The van der Waals surface area contributed by atoms with Gasteiger partial charge in [0.1, 0.15) is 5.82 Å². The van der Waals surface area contributed by atoms with E-state index in [1.54, 1.807) is 12.1 Å². The second-order valence-electron chi connectivity index (χ2n) is 7.46. The maximum absolute atomic E-state index is 13.0. The third-order valence-corrected chi connectivity index (χ3v) is 7.01. The summed E-state index contributed by atoms with van der Waals surface area (Å²) < 4.78 is 34.7. The first-order valence-corrected chi connectivity index (χ1v) is 11.8. The second kappa shape index (κ2) is 9.86. The largest absolute Gasteiger partial charge is 0.379 e. The minimum Gasteiger partial charge on any atom is -0.379 e. The molecule has 1 amide bonds. The number of aromatic nitrogens is 2. The lowest BCUT2D eigenvalue weighted by molar-refractivity contribution is -0.122. The molecule has 166 valence electrons. The molecule has 1 aromatic carbocycles. The number of likely N-dealkylation sites (N-methyl/N-ethyl adjacent to an activating group) is 1. The van der Waals surface area contributed by atoms with Crippen molar-refractivity contribution in [1.29, 1.82) is 0 Å². The summed E-state index contributed by atoms with van der Waals surface area (Å²) >= 11 is 0. The minimum atomic E-state index is -3.57. The molecule has 1 aliphatic heterocycles. The van der Waals surface area contributed by atoms with Crippen molar-refractivity contribution < 1.29 is 17.9 Å². The molecule has 2 aromatic rings. The summed E-state index contributed by atoms with van der Waals surface area (Å²) in [6.07, 6.45) is 0.900. The van der Waals surface area contributed by atoms with Crippen molar-refractivity contribution in [2.45, 2.75) is 38.3 Å². The van der Waals surface area contributed by atoms with E-state index in [0.29, 0.717) is 51.5 Å². The number of ether oxygens (including phenoxy) is 1. The molecule has 0 aliphatic carbocycles. The van der Waals surface area contributed by atoms with Crippen LogP contribution in [0.4, 0.5) is 0 Å². The van der Waals surface area contributed by atoms with E-state index >= 15 is 0 Å². The average molecular weight is 438 g/mol. The predicted octanol–water partition coefficient (Wildman–Crippen LogP) is 1.04. The van der Waals surface area contributed by atoms with Crippen LogP contribution >= 0.6 is 0 Å². The monoisotopic (exact) mass is 437 g/mol. The number of carbonyl (C=O) groups excluding carboxylic acids is 1. The number of carbonyl (C=O) groups is 1. The van der Waals surface area contributed by atoms with Crippen LogP contribution in [0, 0.1) is 0 Å². The Morgan fingerprint density at radius 2 is 2.00 bits per heavy atom. The van der Waals surface area contributed by atoms with Gasteiger partial charge in [-0.25, -0.2) is 13.4 Å². The molecule has 0 saturated carbocycles. The lowest BCUT2D eigenvalue weighted by atomic mass is 10.3. The number of sulfonamides is 1. The average Bonchev–Trinajstić information content (AvgIpc) is 3.08. The van der Waals surface area contributed by atoms with E-state index in [0.717, 1.165) is 17.8 Å². The molecule has 2 heterocycles. The van der Waals surface area contributed by atoms with Gasteiger partial charge in [0.25, 0.3) is 0 Å². The number of benzene rings is 1. The quantitative estimate of drug-likeness (QED) is 0.630. The first-order chi connectivity index (χ1) is 14.4. The lowest BCUT2D eigenvalue weighted by Crippen LogP contribution is -2.40. The zero-order valence-electron chi connectivity index (χ0n) is 17.9. The number of rotatable bonds is 9. The normalized spacial score (nSPS) is 15.7. The fourth-order valence-corrected chi connectivity index (χ4v) is 5.02. The fraction of sp³-hybridized carbons (Fsp3) is 0.600. The van der Waals surface area contributed by atoms with Crippen LogP contribution in [0.25, 0.3) is 11.0 Å². The number of amides is 1. The number of morpholine rings is 1. The molecule has 0 bridgehead atoms. The highest BCUT2D eigenvalue weighted by Crippen LogP contribution is 2.24. The highest BCUT2D eigenvalue weighted by molar-refractivity contribution is 7.89. The van der Waals surface area contributed by atoms with Crippen LogP contribution in [0.2, 0.25) is 0 Å². The topological polar surface area (TPSA) is 96.8 Å². The molecule has 3 rings (SSSR count). The van der Waals surface area contributed by atoms with Crippen molar-refractivity contribution in [3.05, 3.63) is 24.0 Å². The van der Waals surface area contributed by atoms with Crippen LogP contribution in [0.1, 0.15) is 26.1 Å². The Morgan fingerprint density at radius 3 is 2.67 bits per heavy atom. The van der Waals surface area contributed by atoms with E-state index in [4.69, 9.17) is 9.72 Å². The molecule has 1 aromatic heterocycles. The van der Waals surface area contributed by atoms with Gasteiger partial charge in [0.05, 0.1) is 42.2 Å². The lowest BCUT2D eigenvalue weighted by Gasteiger charge is -2.26. The van der Waals surface area contributed by atoms with Crippen LogP contribution in [0.3, 0.4) is 0 Å². The van der Waals surface area contributed by atoms with E-state index in [9.17, 15) is 13.2 Å². The summed E-state index contributed by atoms with van der Waals surface area (Å²) in [6, 6.07) is 5.10. The van der Waals surface area contributed by atoms with Gasteiger partial charge in [0, 0.05) is 26.2 Å². The van der Waals surface area contributed by atoms with Gasteiger partial charge >= 0.3 is 0 Å². The Bertz CT molecular complexity index is 982. The molecule has 0 radical (unpaired) electrons. The highest BCUT2D eigenvalue weighted by Gasteiger charge is 2.27. The van der Waals surface area contributed by atoms with Crippen molar-refractivity contribution in [1.82, 2.24) is 24.1 Å². The Balaban J connectivity index is 1.82. The van der Waals surface area contributed by atoms with E-state index in [1.165, 1.54) is 4.31 Å². The fourth-order valence-electron chi connectivity index (χ4n) is 3.59. The molecular formula is C20H31N5O4S. The predicted molar refractivity (Wildman–Crippen MR) is 115 cm³/mol. The summed E-state index contributed by atoms with van der Waals surface area (Å²) in [4.78, 5) is 18.8. The van der Waals surface area contributed by atoms with Crippen LogP contribution in [-0.2, 0) is 32.6 Å². The number of aryl methyl sites for hydroxylation is 1. The molecule has 0 spiro atoms. The molecular weight excluding hydrogens is 406 g/mol. The summed E-state index contributed by atoms with van der Waals surface area (Å²) in [5.74, 6) is 0.789. The van der Waals surface area contributed by atoms with Crippen LogP contribution in [-0.4, -0.2) is 79.5 Å². The van der Waals surface area contributed by atoms with E-state index in [1.807, 2.05) is 31.9 Å². The molecule has 10 heteroatoms. The molecule has 0 atom stereocenters. The van der Waals surface area contributed by atoms with Gasteiger partial charge in [-0.2, -0.15) is 4.31 Å². The van der Waals surface area contributed by atoms with Gasteiger partial charge in [-0.05, 0) is 38.6 Å². The summed E-state index contributed by atoms with van der Waals surface area (Å²) in [6.45, 7) is 7.73. The van der Waals surface area contributed by atoms with Crippen molar-refractivity contribution in [2.75, 3.05) is 46.4 Å². The Hall–Kier alpha value is -2.01. The molecule has 30 heavy (non-hydrogen) atoms. The molecule has 1 saturated heterocycles. The maximum Gasteiger partial charge on any atom is 0.243 e. The van der Waals surface area contributed by atoms with E-state index < -0.39 is 10.0 Å². The smallest absolute Gasteiger partial charge is 0.243 e. The van der Waals surface area contributed by atoms with Crippen LogP contribution in [0.5, 0.6) is 0 Å². The number of hydrogen-bond donors (Lipinski definition) is 1. The summed E-state index contributed by atoms with van der Waals surface area (Å²) in [5, 5.41) is 2.87. The van der Waals surface area contributed by atoms with E-state index in [-0.39, 0.29) is 17.3 Å². The standard InChI is InChI=1S/C20H31N5O4S/c1-4-8-21-20(26)15-23(3)14-19-22-17-13-16(6-7-18(17)25(19)5-2)30(27,28)24-9-11-29-12-10-24/h6-7,13H,4-5,8-12,14-15H2,1-3H3,(H,21,26). The summed E-state index contributed by atoms with van der Waals surface area (Å²) in [7, 11) is -1.70. The third kappa shape index (κ3) is 5.00. The second-order valence-corrected chi connectivity index (χ2v) is 9.40. The Kier molecular flexibility index (Phi) is 7.45. The molecule has 9 nitrogen and oxygen atoms in total. The van der Waals surface area contributed by atoms with Crippen molar-refractivity contribution in [3.63, 3.8) is 0 Å². The number of hydrogen-bond acceptors (Lipinski definition) is 6. The maximum atomic E-state index is 13.0. The Morgan fingerprint density at radius 1 is 1.27 bits per heavy atom. The van der Waals surface area contributed by atoms with Gasteiger partial charge in [0.2, 0.25) is 15.9 Å². The van der Waals surface area contributed by atoms with Gasteiger partial charge in [-0.15, -0.1) is 0 Å². The number of imidazole rings is 1. The molecule has 1 aliphatic rings. The van der Waals surface area contributed by atoms with Crippen LogP contribution in [0.15, 0.2) is 23.1 Å². The van der Waals surface area contributed by atoms with Crippen molar-refractivity contribution >= 4 is 27.0 Å². The van der Waals surface area contributed by atoms with Gasteiger partial charge in [-0.3, -0.25) is 9.69 Å². The van der Waals surface area contributed by atoms with Gasteiger partial charge in [0.15, 0.2) is 0 Å². The Labute approximate surface area is 178 Å². The minimum absolute atomic E-state index is 0.0163. The zero-order chi connectivity index (χ0) is 21.7. The number of nitrogens with zero attached hydrogens (tertiary/aromatic N) is 4. The molecule has 1 N–H and O–H groups in total. The molecule has 0 unspecified atom stereocenters. The van der Waals surface area contributed by atoms with Crippen molar-refractivity contribution in [2.24, 2.45) is 0 Å². The number of fused-ring (bicyclic) bond motifs is 1. The first-order valence-electron chi connectivity index (χ1n) is 10.4. The third-order valence-electron chi connectivity index (χ3n) is 5.12. The highest BCUT2D eigenvalue weighted by atomic mass is 32.2. The molecule has 1 fully saturated rings.